The van der Waals surface area contributed by atoms with Crippen LogP contribution in [0.3, 0.4) is 0 Å². The van der Waals surface area contributed by atoms with Gasteiger partial charge in [0.15, 0.2) is 11.0 Å². The van der Waals surface area contributed by atoms with Crippen molar-refractivity contribution in [1.82, 2.24) is 19.7 Å². The van der Waals surface area contributed by atoms with E-state index in [9.17, 15) is 4.79 Å². The molecule has 0 aliphatic heterocycles. The van der Waals surface area contributed by atoms with Gasteiger partial charge < -0.3 is 8.94 Å². The predicted molar refractivity (Wildman–Crippen MR) is 120 cm³/mol. The zero-order valence-electron chi connectivity index (χ0n) is 17.0. The molecular weight excluding hydrogens is 432 g/mol. The SMILES string of the molecule is O=c1c2c3c(sc2nc(SCc2noc(-c4ccoc4)n2)n1C1CCCC1)CCCC3. The fourth-order valence-electron chi connectivity index (χ4n) is 4.73. The first-order chi connectivity index (χ1) is 15.3. The highest BCUT2D eigenvalue weighted by atomic mass is 32.2. The number of aryl methyl sites for hydroxylation is 2. The highest BCUT2D eigenvalue weighted by Crippen LogP contribution is 2.37. The van der Waals surface area contributed by atoms with Gasteiger partial charge in [0, 0.05) is 10.9 Å². The summed E-state index contributed by atoms with van der Waals surface area (Å²) in [4.78, 5) is 25.4. The second-order valence-electron chi connectivity index (χ2n) is 8.22. The Kier molecular flexibility index (Phi) is 4.95. The smallest absolute Gasteiger partial charge is 0.263 e. The Bertz CT molecular complexity index is 1280. The molecule has 0 N–H and O–H groups in total. The van der Waals surface area contributed by atoms with Crippen molar-refractivity contribution in [2.45, 2.75) is 68.3 Å². The van der Waals surface area contributed by atoms with E-state index in [-0.39, 0.29) is 11.6 Å². The van der Waals surface area contributed by atoms with E-state index < -0.39 is 0 Å². The van der Waals surface area contributed by atoms with Gasteiger partial charge in [-0.25, -0.2) is 4.98 Å². The summed E-state index contributed by atoms with van der Waals surface area (Å²) in [6, 6.07) is 2.02. The maximum Gasteiger partial charge on any atom is 0.263 e. The van der Waals surface area contributed by atoms with Crippen LogP contribution in [0.4, 0.5) is 0 Å². The van der Waals surface area contributed by atoms with E-state index in [1.807, 2.05) is 4.57 Å². The molecule has 0 radical (unpaired) electrons. The average molecular weight is 455 g/mol. The van der Waals surface area contributed by atoms with Crippen LogP contribution < -0.4 is 5.56 Å². The van der Waals surface area contributed by atoms with Crippen molar-refractivity contribution >= 4 is 33.3 Å². The molecule has 31 heavy (non-hydrogen) atoms. The minimum Gasteiger partial charge on any atom is -0.472 e. The van der Waals surface area contributed by atoms with Gasteiger partial charge in [-0.1, -0.05) is 29.8 Å². The molecule has 9 heteroatoms. The van der Waals surface area contributed by atoms with E-state index >= 15 is 0 Å². The second kappa shape index (κ2) is 7.94. The number of hydrogen-bond donors (Lipinski definition) is 0. The Morgan fingerprint density at radius 1 is 1.16 bits per heavy atom. The summed E-state index contributed by atoms with van der Waals surface area (Å²) in [5.74, 6) is 1.52. The summed E-state index contributed by atoms with van der Waals surface area (Å²) >= 11 is 3.23. The molecule has 0 spiro atoms. The number of thiophene rings is 1. The van der Waals surface area contributed by atoms with Crippen LogP contribution in [0.5, 0.6) is 0 Å². The van der Waals surface area contributed by atoms with Gasteiger partial charge in [-0.2, -0.15) is 4.98 Å². The highest BCUT2D eigenvalue weighted by Gasteiger charge is 2.27. The van der Waals surface area contributed by atoms with Gasteiger partial charge in [0.05, 0.1) is 23.0 Å². The molecule has 0 atom stereocenters. The Morgan fingerprint density at radius 2 is 2.03 bits per heavy atom. The zero-order chi connectivity index (χ0) is 20.8. The van der Waals surface area contributed by atoms with Crippen molar-refractivity contribution in [3.05, 3.63) is 45.2 Å². The third kappa shape index (κ3) is 3.43. The maximum atomic E-state index is 13.7. The van der Waals surface area contributed by atoms with Crippen molar-refractivity contribution < 1.29 is 8.94 Å². The Hall–Kier alpha value is -2.39. The molecule has 4 aromatic heterocycles. The minimum absolute atomic E-state index is 0.144. The first-order valence-corrected chi connectivity index (χ1v) is 12.6. The fourth-order valence-corrected chi connectivity index (χ4v) is 6.94. The molecular formula is C22H22N4O3S2. The number of thioether (sulfide) groups is 1. The Balaban J connectivity index is 1.37. The van der Waals surface area contributed by atoms with Crippen LogP contribution in [0.1, 0.15) is 60.8 Å². The van der Waals surface area contributed by atoms with E-state index in [0.717, 1.165) is 53.0 Å². The molecule has 7 nitrogen and oxygen atoms in total. The summed E-state index contributed by atoms with van der Waals surface area (Å²) in [5.41, 5.74) is 2.16. The van der Waals surface area contributed by atoms with E-state index in [1.54, 1.807) is 29.9 Å². The molecule has 0 saturated heterocycles. The number of fused-ring (bicyclic) bond motifs is 3. The number of rotatable bonds is 5. The van der Waals surface area contributed by atoms with Crippen LogP contribution in [-0.2, 0) is 18.6 Å². The third-order valence-corrected chi connectivity index (χ3v) is 8.38. The third-order valence-electron chi connectivity index (χ3n) is 6.25. The molecule has 4 aromatic rings. The van der Waals surface area contributed by atoms with E-state index in [2.05, 4.69) is 10.1 Å². The van der Waals surface area contributed by atoms with Crippen molar-refractivity contribution in [3.63, 3.8) is 0 Å². The average Bonchev–Trinajstić information content (AvgIpc) is 3.58. The summed E-state index contributed by atoms with van der Waals surface area (Å²) in [6.07, 6.45) is 12.0. The molecule has 1 saturated carbocycles. The largest absolute Gasteiger partial charge is 0.472 e. The van der Waals surface area contributed by atoms with Gasteiger partial charge in [0.1, 0.15) is 11.1 Å². The normalized spacial score (nSPS) is 16.9. The van der Waals surface area contributed by atoms with Crippen LogP contribution >= 0.6 is 23.1 Å². The quantitative estimate of drug-likeness (QED) is 0.295. The number of furan rings is 1. The van der Waals surface area contributed by atoms with Crippen molar-refractivity contribution in [1.29, 1.82) is 0 Å². The molecule has 6 rings (SSSR count). The van der Waals surface area contributed by atoms with Gasteiger partial charge in [-0.3, -0.25) is 9.36 Å². The van der Waals surface area contributed by atoms with Crippen molar-refractivity contribution in [3.8, 4) is 11.5 Å². The lowest BCUT2D eigenvalue weighted by atomic mass is 9.97. The lowest BCUT2D eigenvalue weighted by molar-refractivity contribution is 0.424. The Morgan fingerprint density at radius 3 is 2.87 bits per heavy atom. The van der Waals surface area contributed by atoms with Crippen LogP contribution in [0.15, 0.2) is 37.5 Å². The van der Waals surface area contributed by atoms with Crippen LogP contribution in [0, 0.1) is 0 Å². The first-order valence-electron chi connectivity index (χ1n) is 10.8. The van der Waals surface area contributed by atoms with Gasteiger partial charge in [-0.05, 0) is 50.2 Å². The number of nitrogens with zero attached hydrogens (tertiary/aromatic N) is 4. The zero-order valence-corrected chi connectivity index (χ0v) is 18.6. The molecule has 0 aromatic carbocycles. The van der Waals surface area contributed by atoms with E-state index in [4.69, 9.17) is 13.9 Å². The molecule has 4 heterocycles. The molecule has 1 fully saturated rings. The molecule has 2 aliphatic carbocycles. The molecule has 0 unspecified atom stereocenters. The van der Waals surface area contributed by atoms with E-state index in [0.29, 0.717) is 17.5 Å². The van der Waals surface area contributed by atoms with Gasteiger partial charge in [0.25, 0.3) is 11.4 Å². The summed E-state index contributed by atoms with van der Waals surface area (Å²) in [7, 11) is 0. The second-order valence-corrected chi connectivity index (χ2v) is 10.2. The van der Waals surface area contributed by atoms with Crippen molar-refractivity contribution in [2.24, 2.45) is 0 Å². The lowest BCUT2D eigenvalue weighted by Gasteiger charge is -2.18. The maximum absolute atomic E-state index is 13.7. The summed E-state index contributed by atoms with van der Waals surface area (Å²) < 4.78 is 12.4. The fraction of sp³-hybridized carbons (Fsp3) is 0.455. The summed E-state index contributed by atoms with van der Waals surface area (Å²) in [5, 5.41) is 5.74. The van der Waals surface area contributed by atoms with Crippen LogP contribution in [-0.4, -0.2) is 19.7 Å². The summed E-state index contributed by atoms with van der Waals surface area (Å²) in [6.45, 7) is 0. The molecule has 0 bridgehead atoms. The van der Waals surface area contributed by atoms with Gasteiger partial charge in [-0.15, -0.1) is 11.3 Å². The van der Waals surface area contributed by atoms with E-state index in [1.165, 1.54) is 41.5 Å². The number of aromatic nitrogens is 4. The highest BCUT2D eigenvalue weighted by molar-refractivity contribution is 7.98. The molecule has 0 amide bonds. The predicted octanol–water partition coefficient (Wildman–Crippen LogP) is 5.39. The molecule has 2 aliphatic rings. The number of hydrogen-bond acceptors (Lipinski definition) is 8. The monoisotopic (exact) mass is 454 g/mol. The van der Waals surface area contributed by atoms with Crippen LogP contribution in [0.25, 0.3) is 21.7 Å². The topological polar surface area (TPSA) is 86.9 Å². The van der Waals surface area contributed by atoms with Crippen molar-refractivity contribution in [2.75, 3.05) is 0 Å². The minimum atomic E-state index is 0.144. The lowest BCUT2D eigenvalue weighted by Crippen LogP contribution is -2.26. The van der Waals surface area contributed by atoms with Gasteiger partial charge in [0.2, 0.25) is 0 Å². The first kappa shape index (κ1) is 19.3. The molecule has 160 valence electrons. The Labute approximate surface area is 186 Å². The van der Waals surface area contributed by atoms with Crippen LogP contribution in [0.2, 0.25) is 0 Å². The standard InChI is InChI=1S/C22H22N4O3S2/c27-21-18-15-7-3-4-8-16(15)31-20(18)24-22(26(21)14-5-1-2-6-14)30-12-17-23-19(29-25-17)13-9-10-28-11-13/h9-11,14H,1-8,12H2. The van der Waals surface area contributed by atoms with Gasteiger partial charge >= 0.3 is 0 Å².